The van der Waals surface area contributed by atoms with Crippen molar-refractivity contribution in [3.05, 3.63) is 52.5 Å². The van der Waals surface area contributed by atoms with Crippen LogP contribution in [0.5, 0.6) is 5.88 Å². The maximum absolute atomic E-state index is 5.28. The number of hydrogen-bond acceptors (Lipinski definition) is 4. The zero-order valence-corrected chi connectivity index (χ0v) is 13.4. The first-order chi connectivity index (χ1) is 10.0. The number of pyridine rings is 2. The minimum Gasteiger partial charge on any atom is -0.481 e. The number of nitrogens with zero attached hydrogens (tertiary/aromatic N) is 2. The van der Waals surface area contributed by atoms with Crippen LogP contribution in [0.25, 0.3) is 0 Å². The van der Waals surface area contributed by atoms with E-state index in [0.717, 1.165) is 17.0 Å². The smallest absolute Gasteiger partial charge is 0.217 e. The van der Waals surface area contributed by atoms with Gasteiger partial charge in [-0.2, -0.15) is 0 Å². The Bertz CT molecular complexity index is 602. The average Bonchev–Trinajstić information content (AvgIpc) is 2.44. The molecule has 2 aromatic rings. The van der Waals surface area contributed by atoms with E-state index < -0.39 is 0 Å². The van der Waals surface area contributed by atoms with Crippen molar-refractivity contribution in [2.24, 2.45) is 0 Å². The van der Waals surface area contributed by atoms with Crippen LogP contribution in [0.15, 0.2) is 24.4 Å². The van der Waals surface area contributed by atoms with Crippen LogP contribution in [0, 0.1) is 20.8 Å². The van der Waals surface area contributed by atoms with Crippen LogP contribution >= 0.6 is 0 Å². The number of aryl methyl sites for hydroxylation is 3. The zero-order valence-electron chi connectivity index (χ0n) is 13.4. The molecule has 4 nitrogen and oxygen atoms in total. The fourth-order valence-electron chi connectivity index (χ4n) is 2.80. The van der Waals surface area contributed by atoms with E-state index in [1.165, 1.54) is 11.1 Å². The van der Waals surface area contributed by atoms with E-state index in [9.17, 15) is 0 Å². The first-order valence-electron chi connectivity index (χ1n) is 7.19. The van der Waals surface area contributed by atoms with Gasteiger partial charge in [0, 0.05) is 35.7 Å². The molecule has 2 heterocycles. The Hall–Kier alpha value is -1.94. The lowest BCUT2D eigenvalue weighted by molar-refractivity contribution is 0.389. The summed E-state index contributed by atoms with van der Waals surface area (Å²) >= 11 is 0. The van der Waals surface area contributed by atoms with Crippen molar-refractivity contribution in [3.8, 4) is 5.88 Å². The first-order valence-corrected chi connectivity index (χ1v) is 7.19. The molecule has 2 aromatic heterocycles. The fraction of sp³-hybridized carbons (Fsp3) is 0.412. The van der Waals surface area contributed by atoms with E-state index in [-0.39, 0.29) is 6.04 Å². The summed E-state index contributed by atoms with van der Waals surface area (Å²) in [6, 6.07) is 6.31. The summed E-state index contributed by atoms with van der Waals surface area (Å²) in [5, 5.41) is 3.53. The van der Waals surface area contributed by atoms with Crippen molar-refractivity contribution in [1.82, 2.24) is 15.3 Å². The van der Waals surface area contributed by atoms with Crippen molar-refractivity contribution in [2.45, 2.75) is 40.3 Å². The quantitative estimate of drug-likeness (QED) is 0.916. The summed E-state index contributed by atoms with van der Waals surface area (Å²) < 4.78 is 5.28. The molecule has 0 radical (unpaired) electrons. The maximum Gasteiger partial charge on any atom is 0.217 e. The number of hydrogen-bond donors (Lipinski definition) is 1. The molecule has 112 valence electrons. The zero-order chi connectivity index (χ0) is 15.4. The molecule has 0 fully saturated rings. The third-order valence-corrected chi connectivity index (χ3v) is 3.66. The first kappa shape index (κ1) is 15.4. The second kappa shape index (κ2) is 6.68. The molecule has 2 rings (SSSR count). The van der Waals surface area contributed by atoms with Crippen molar-refractivity contribution >= 4 is 0 Å². The largest absolute Gasteiger partial charge is 0.481 e. The van der Waals surface area contributed by atoms with Crippen LogP contribution < -0.4 is 10.1 Å². The second-order valence-corrected chi connectivity index (χ2v) is 5.35. The highest BCUT2D eigenvalue weighted by Gasteiger charge is 2.13. The summed E-state index contributed by atoms with van der Waals surface area (Å²) in [5.74, 6) is 0.674. The Kier molecular flexibility index (Phi) is 4.91. The lowest BCUT2D eigenvalue weighted by Crippen LogP contribution is -2.21. The predicted molar refractivity (Wildman–Crippen MR) is 84.5 cm³/mol. The van der Waals surface area contributed by atoms with Gasteiger partial charge >= 0.3 is 0 Å². The fourth-order valence-corrected chi connectivity index (χ4v) is 2.80. The van der Waals surface area contributed by atoms with Crippen molar-refractivity contribution < 1.29 is 4.74 Å². The number of methoxy groups -OCH3 is 1. The molecule has 1 unspecified atom stereocenters. The lowest BCUT2D eigenvalue weighted by Gasteiger charge is -2.19. The van der Waals surface area contributed by atoms with Crippen LogP contribution in [-0.4, -0.2) is 17.1 Å². The third kappa shape index (κ3) is 3.58. The molecule has 0 saturated heterocycles. The molecule has 0 bridgehead atoms. The van der Waals surface area contributed by atoms with E-state index >= 15 is 0 Å². The predicted octanol–water partition coefficient (Wildman–Crippen LogP) is 3.26. The van der Waals surface area contributed by atoms with Gasteiger partial charge in [-0.3, -0.25) is 4.98 Å². The summed E-state index contributed by atoms with van der Waals surface area (Å²) in [6.45, 7) is 9.11. The number of rotatable bonds is 5. The second-order valence-electron chi connectivity index (χ2n) is 5.35. The van der Waals surface area contributed by atoms with Gasteiger partial charge in [0.1, 0.15) is 0 Å². The molecule has 0 aliphatic carbocycles. The van der Waals surface area contributed by atoms with E-state index in [1.807, 2.05) is 19.1 Å². The van der Waals surface area contributed by atoms with Crippen LogP contribution in [0.2, 0.25) is 0 Å². The Balaban J connectivity index is 2.14. The monoisotopic (exact) mass is 285 g/mol. The van der Waals surface area contributed by atoms with Crippen LogP contribution in [-0.2, 0) is 6.54 Å². The topological polar surface area (TPSA) is 47.0 Å². The Morgan fingerprint density at radius 2 is 2.05 bits per heavy atom. The van der Waals surface area contributed by atoms with Crippen molar-refractivity contribution in [2.75, 3.05) is 7.11 Å². The lowest BCUT2D eigenvalue weighted by atomic mass is 10.0. The molecule has 4 heteroatoms. The highest BCUT2D eigenvalue weighted by molar-refractivity contribution is 5.34. The molecule has 0 aliphatic rings. The van der Waals surface area contributed by atoms with Gasteiger partial charge in [0.05, 0.1) is 7.11 Å². The molecule has 0 aromatic carbocycles. The number of nitrogens with one attached hydrogen (secondary N) is 1. The van der Waals surface area contributed by atoms with Crippen LogP contribution in [0.4, 0.5) is 0 Å². The molecule has 0 spiro atoms. The van der Waals surface area contributed by atoms with Crippen molar-refractivity contribution in [3.63, 3.8) is 0 Å². The molecule has 1 atom stereocenters. The van der Waals surface area contributed by atoms with E-state index in [1.54, 1.807) is 13.3 Å². The molecular weight excluding hydrogens is 262 g/mol. The van der Waals surface area contributed by atoms with Gasteiger partial charge in [-0.25, -0.2) is 4.98 Å². The third-order valence-electron chi connectivity index (χ3n) is 3.66. The summed E-state index contributed by atoms with van der Waals surface area (Å²) in [7, 11) is 1.65. The SMILES string of the molecule is COc1ncccc1CNC(C)c1c(C)cc(C)nc1C. The maximum atomic E-state index is 5.28. The van der Waals surface area contributed by atoms with Gasteiger partial charge in [-0.15, -0.1) is 0 Å². The van der Waals surface area contributed by atoms with Gasteiger partial charge < -0.3 is 10.1 Å². The normalized spacial score (nSPS) is 12.2. The minimum absolute atomic E-state index is 0.225. The number of aromatic nitrogens is 2. The van der Waals surface area contributed by atoms with Gasteiger partial charge in [-0.1, -0.05) is 6.07 Å². The molecule has 1 N–H and O–H groups in total. The molecule has 0 saturated carbocycles. The Labute approximate surface area is 126 Å². The average molecular weight is 285 g/mol. The highest BCUT2D eigenvalue weighted by atomic mass is 16.5. The summed E-state index contributed by atoms with van der Waals surface area (Å²) in [6.07, 6.45) is 1.74. The van der Waals surface area contributed by atoms with E-state index in [2.05, 4.69) is 42.1 Å². The standard InChI is InChI=1S/C17H23N3O/c1-11-9-12(2)20-14(4)16(11)13(3)19-10-15-7-6-8-18-17(15)21-5/h6-9,13,19H,10H2,1-5H3. The summed E-state index contributed by atoms with van der Waals surface area (Å²) in [5.41, 5.74) is 5.75. The Morgan fingerprint density at radius 1 is 1.29 bits per heavy atom. The van der Waals surface area contributed by atoms with Gasteiger partial charge in [0.15, 0.2) is 0 Å². The molecule has 0 amide bonds. The van der Waals surface area contributed by atoms with Crippen LogP contribution in [0.1, 0.15) is 41.0 Å². The van der Waals surface area contributed by atoms with E-state index in [4.69, 9.17) is 4.74 Å². The highest BCUT2D eigenvalue weighted by Crippen LogP contribution is 2.22. The van der Waals surface area contributed by atoms with E-state index in [0.29, 0.717) is 12.4 Å². The molecule has 0 aliphatic heterocycles. The van der Waals surface area contributed by atoms with Gasteiger partial charge in [0.2, 0.25) is 5.88 Å². The van der Waals surface area contributed by atoms with Crippen molar-refractivity contribution in [1.29, 1.82) is 0 Å². The summed E-state index contributed by atoms with van der Waals surface area (Å²) in [4.78, 5) is 8.79. The van der Waals surface area contributed by atoms with Gasteiger partial charge in [0.25, 0.3) is 0 Å². The van der Waals surface area contributed by atoms with Gasteiger partial charge in [-0.05, 0) is 51.0 Å². The number of ether oxygens (including phenoxy) is 1. The van der Waals surface area contributed by atoms with Crippen LogP contribution in [0.3, 0.4) is 0 Å². The Morgan fingerprint density at radius 3 is 2.71 bits per heavy atom. The molecule has 21 heavy (non-hydrogen) atoms. The molecular formula is C17H23N3O. The minimum atomic E-state index is 0.225.